The highest BCUT2D eigenvalue weighted by molar-refractivity contribution is 5.69. The zero-order valence-corrected chi connectivity index (χ0v) is 8.64. The van der Waals surface area contributed by atoms with E-state index in [9.17, 15) is 9.90 Å². The Morgan fingerprint density at radius 1 is 1.53 bits per heavy atom. The number of rotatable bonds is 4. The van der Waals surface area contributed by atoms with Crippen molar-refractivity contribution < 1.29 is 19.4 Å². The van der Waals surface area contributed by atoms with Crippen LogP contribution in [0.2, 0.25) is 0 Å². The minimum atomic E-state index is -0.965. The summed E-state index contributed by atoms with van der Waals surface area (Å²) in [5.41, 5.74) is 0.389. The molecule has 1 aromatic heterocycles. The number of aromatic nitrogens is 1. The molecule has 0 saturated heterocycles. The molecule has 1 unspecified atom stereocenters. The second-order valence-electron chi connectivity index (χ2n) is 2.90. The molecule has 0 amide bonds. The molecule has 0 fully saturated rings. The van der Waals surface area contributed by atoms with Gasteiger partial charge in [0.15, 0.2) is 0 Å². The summed E-state index contributed by atoms with van der Waals surface area (Å²) >= 11 is 0. The molecular formula is C10H13NO4. The average Bonchev–Trinajstić information content (AvgIpc) is 2.28. The Morgan fingerprint density at radius 2 is 2.27 bits per heavy atom. The molecule has 1 heterocycles. The number of pyridine rings is 1. The van der Waals surface area contributed by atoms with Gasteiger partial charge in [0.25, 0.3) is 0 Å². The zero-order chi connectivity index (χ0) is 11.3. The van der Waals surface area contributed by atoms with Gasteiger partial charge in [-0.05, 0) is 6.07 Å². The van der Waals surface area contributed by atoms with E-state index in [1.165, 1.54) is 14.2 Å². The van der Waals surface area contributed by atoms with Gasteiger partial charge in [0.2, 0.25) is 5.88 Å². The first-order valence-corrected chi connectivity index (χ1v) is 4.43. The minimum absolute atomic E-state index is 0.114. The minimum Gasteiger partial charge on any atom is -0.481 e. The smallest absolute Gasteiger partial charge is 0.308 e. The zero-order valence-electron chi connectivity index (χ0n) is 8.64. The SMILES string of the molecule is COC(=O)CC(O)c1cccc(OC)n1. The number of carbonyl (C=O) groups is 1. The highest BCUT2D eigenvalue weighted by Crippen LogP contribution is 2.17. The summed E-state index contributed by atoms with van der Waals surface area (Å²) in [5.74, 6) is -0.0801. The third-order valence-corrected chi connectivity index (χ3v) is 1.88. The molecule has 0 aliphatic carbocycles. The van der Waals surface area contributed by atoms with Crippen LogP contribution in [0, 0.1) is 0 Å². The fraction of sp³-hybridized carbons (Fsp3) is 0.400. The predicted octanol–water partition coefficient (Wildman–Crippen LogP) is 0.687. The number of hydrogen-bond donors (Lipinski definition) is 1. The van der Waals surface area contributed by atoms with Crippen molar-refractivity contribution in [1.29, 1.82) is 0 Å². The highest BCUT2D eigenvalue weighted by Gasteiger charge is 2.14. The lowest BCUT2D eigenvalue weighted by molar-refractivity contribution is -0.142. The van der Waals surface area contributed by atoms with E-state index in [4.69, 9.17) is 4.74 Å². The lowest BCUT2D eigenvalue weighted by Gasteiger charge is -2.09. The van der Waals surface area contributed by atoms with Crippen LogP contribution >= 0.6 is 0 Å². The van der Waals surface area contributed by atoms with E-state index in [1.54, 1.807) is 18.2 Å². The van der Waals surface area contributed by atoms with Gasteiger partial charge in [-0.25, -0.2) is 4.98 Å². The van der Waals surface area contributed by atoms with Crippen molar-refractivity contribution >= 4 is 5.97 Å². The molecule has 0 aromatic carbocycles. The number of ether oxygens (including phenoxy) is 2. The summed E-state index contributed by atoms with van der Waals surface area (Å²) in [6, 6.07) is 4.98. The number of aliphatic hydroxyl groups is 1. The summed E-state index contributed by atoms with van der Waals surface area (Å²) in [7, 11) is 2.76. The Bertz CT molecular complexity index is 340. The van der Waals surface area contributed by atoms with Crippen molar-refractivity contribution in [3.05, 3.63) is 23.9 Å². The first-order chi connectivity index (χ1) is 7.17. The summed E-state index contributed by atoms with van der Waals surface area (Å²) in [4.78, 5) is 14.9. The summed E-state index contributed by atoms with van der Waals surface area (Å²) in [5, 5.41) is 9.62. The van der Waals surface area contributed by atoms with Gasteiger partial charge in [0.05, 0.1) is 26.3 Å². The van der Waals surface area contributed by atoms with Crippen LogP contribution in [0.25, 0.3) is 0 Å². The average molecular weight is 211 g/mol. The Hall–Kier alpha value is -1.62. The molecular weight excluding hydrogens is 198 g/mol. The molecule has 5 heteroatoms. The molecule has 82 valence electrons. The normalized spacial score (nSPS) is 11.9. The second-order valence-corrected chi connectivity index (χ2v) is 2.90. The van der Waals surface area contributed by atoms with Gasteiger partial charge in [-0.3, -0.25) is 4.79 Å². The predicted molar refractivity (Wildman–Crippen MR) is 52.4 cm³/mol. The molecule has 0 radical (unpaired) electrons. The van der Waals surface area contributed by atoms with Crippen molar-refractivity contribution in [3.8, 4) is 5.88 Å². The monoisotopic (exact) mass is 211 g/mol. The van der Waals surface area contributed by atoms with Crippen LogP contribution in [0.3, 0.4) is 0 Å². The molecule has 0 aliphatic rings. The van der Waals surface area contributed by atoms with E-state index in [2.05, 4.69) is 9.72 Å². The van der Waals surface area contributed by atoms with Crippen molar-refractivity contribution in [2.75, 3.05) is 14.2 Å². The van der Waals surface area contributed by atoms with Crippen LogP contribution in [-0.2, 0) is 9.53 Å². The van der Waals surface area contributed by atoms with Crippen molar-refractivity contribution in [2.24, 2.45) is 0 Å². The molecule has 0 bridgehead atoms. The van der Waals surface area contributed by atoms with Crippen LogP contribution in [-0.4, -0.2) is 30.3 Å². The number of aliphatic hydroxyl groups excluding tert-OH is 1. The van der Waals surface area contributed by atoms with Gasteiger partial charge < -0.3 is 14.6 Å². The maximum absolute atomic E-state index is 10.9. The maximum atomic E-state index is 10.9. The van der Waals surface area contributed by atoms with Gasteiger partial charge >= 0.3 is 5.97 Å². The number of hydrogen-bond acceptors (Lipinski definition) is 5. The number of carbonyl (C=O) groups excluding carboxylic acids is 1. The van der Waals surface area contributed by atoms with Crippen LogP contribution in [0.1, 0.15) is 18.2 Å². The van der Waals surface area contributed by atoms with E-state index >= 15 is 0 Å². The van der Waals surface area contributed by atoms with Gasteiger partial charge in [-0.1, -0.05) is 6.07 Å². The molecule has 15 heavy (non-hydrogen) atoms. The van der Waals surface area contributed by atoms with Crippen LogP contribution < -0.4 is 4.74 Å². The van der Waals surface area contributed by atoms with E-state index in [0.29, 0.717) is 11.6 Å². The molecule has 1 N–H and O–H groups in total. The van der Waals surface area contributed by atoms with Gasteiger partial charge in [-0.2, -0.15) is 0 Å². The largest absolute Gasteiger partial charge is 0.481 e. The lowest BCUT2D eigenvalue weighted by Crippen LogP contribution is -2.09. The third-order valence-electron chi connectivity index (χ3n) is 1.88. The van der Waals surface area contributed by atoms with E-state index in [1.807, 2.05) is 0 Å². The molecule has 0 saturated carbocycles. The Morgan fingerprint density at radius 3 is 2.87 bits per heavy atom. The molecule has 1 rings (SSSR count). The standard InChI is InChI=1S/C10H13NO4/c1-14-9-5-3-4-7(11-9)8(12)6-10(13)15-2/h3-5,8,12H,6H2,1-2H3. The van der Waals surface area contributed by atoms with E-state index in [0.717, 1.165) is 0 Å². The molecule has 1 aromatic rings. The van der Waals surface area contributed by atoms with Crippen LogP contribution in [0.5, 0.6) is 5.88 Å². The second kappa shape index (κ2) is 5.31. The van der Waals surface area contributed by atoms with E-state index < -0.39 is 12.1 Å². The number of esters is 1. The quantitative estimate of drug-likeness (QED) is 0.742. The first kappa shape index (κ1) is 11.5. The number of methoxy groups -OCH3 is 2. The highest BCUT2D eigenvalue weighted by atomic mass is 16.5. The van der Waals surface area contributed by atoms with Gasteiger partial charge in [0, 0.05) is 6.07 Å². The molecule has 5 nitrogen and oxygen atoms in total. The Kier molecular flexibility index (Phi) is 4.05. The fourth-order valence-electron chi connectivity index (χ4n) is 1.08. The Labute approximate surface area is 87.7 Å². The van der Waals surface area contributed by atoms with Gasteiger partial charge in [0.1, 0.15) is 6.10 Å². The molecule has 0 spiro atoms. The summed E-state index contributed by atoms with van der Waals surface area (Å²) in [6.07, 6.45) is -1.08. The first-order valence-electron chi connectivity index (χ1n) is 4.43. The van der Waals surface area contributed by atoms with Crippen LogP contribution in [0.15, 0.2) is 18.2 Å². The van der Waals surface area contributed by atoms with Crippen molar-refractivity contribution in [1.82, 2.24) is 4.98 Å². The number of nitrogens with zero attached hydrogens (tertiary/aromatic N) is 1. The fourth-order valence-corrected chi connectivity index (χ4v) is 1.08. The summed E-state index contributed by atoms with van der Waals surface area (Å²) in [6.45, 7) is 0. The van der Waals surface area contributed by atoms with Crippen LogP contribution in [0.4, 0.5) is 0 Å². The van der Waals surface area contributed by atoms with E-state index in [-0.39, 0.29) is 6.42 Å². The third kappa shape index (κ3) is 3.21. The van der Waals surface area contributed by atoms with Crippen molar-refractivity contribution in [3.63, 3.8) is 0 Å². The topological polar surface area (TPSA) is 68.7 Å². The van der Waals surface area contributed by atoms with Gasteiger partial charge in [-0.15, -0.1) is 0 Å². The molecule has 1 atom stereocenters. The lowest BCUT2D eigenvalue weighted by atomic mass is 10.2. The Balaban J connectivity index is 2.72. The molecule has 0 aliphatic heterocycles. The summed E-state index contributed by atoms with van der Waals surface area (Å²) < 4.78 is 9.34. The van der Waals surface area contributed by atoms with Crippen molar-refractivity contribution in [2.45, 2.75) is 12.5 Å². The maximum Gasteiger partial charge on any atom is 0.308 e.